The molecule has 0 aliphatic carbocycles. The number of benzene rings is 2. The second kappa shape index (κ2) is 6.06. The van der Waals surface area contributed by atoms with Crippen molar-refractivity contribution >= 4 is 23.4 Å². The molecule has 4 nitrogen and oxygen atoms in total. The van der Waals surface area contributed by atoms with E-state index in [0.29, 0.717) is 0 Å². The number of rotatable bonds is 4. The van der Waals surface area contributed by atoms with Crippen LogP contribution in [0, 0.1) is 6.92 Å². The average molecular weight is 328 g/mol. The molecule has 1 fully saturated rings. The van der Waals surface area contributed by atoms with Crippen molar-refractivity contribution in [3.8, 4) is 5.75 Å². The number of hydrogen-bond donors (Lipinski definition) is 0. The van der Waals surface area contributed by atoms with Crippen LogP contribution >= 0.6 is 0 Å². The Morgan fingerprint density at radius 2 is 1.58 bits per heavy atom. The molecule has 2 aromatic rings. The van der Waals surface area contributed by atoms with Crippen molar-refractivity contribution in [2.45, 2.75) is 45.8 Å². The van der Waals surface area contributed by atoms with Crippen LogP contribution in [0.2, 0.25) is 0 Å². The lowest BCUT2D eigenvalue weighted by Crippen LogP contribution is -2.41. The van der Waals surface area contributed by atoms with Crippen LogP contribution < -0.4 is 10.2 Å². The van der Waals surface area contributed by atoms with Crippen molar-refractivity contribution in [3.63, 3.8) is 0 Å². The lowest BCUT2D eigenvalue weighted by Gasteiger charge is -2.32. The van der Waals surface area contributed by atoms with Gasteiger partial charge in [-0.1, -0.05) is 24.3 Å². The first-order valence-corrected chi connectivity index (χ1v) is 8.26. The summed E-state index contributed by atoms with van der Waals surface area (Å²) in [6.07, 6.45) is 0. The fourth-order valence-corrected chi connectivity index (χ4v) is 2.96. The molecule has 0 saturated carbocycles. The zero-order chi connectivity index (χ0) is 17.5. The first-order chi connectivity index (χ1) is 11.3. The van der Waals surface area contributed by atoms with Crippen LogP contribution in [-0.4, -0.2) is 32.2 Å². The number of fused-ring (bicyclic) bond motifs is 1. The molecule has 3 rings (SSSR count). The van der Waals surface area contributed by atoms with Gasteiger partial charge in [0.2, 0.25) is 0 Å². The predicted molar refractivity (Wildman–Crippen MR) is 96.9 cm³/mol. The van der Waals surface area contributed by atoms with Gasteiger partial charge in [0.1, 0.15) is 5.75 Å². The van der Waals surface area contributed by atoms with Crippen molar-refractivity contribution in [3.05, 3.63) is 35.9 Å². The van der Waals surface area contributed by atoms with E-state index in [9.17, 15) is 0 Å². The molecular formula is C19H25BO4. The lowest BCUT2D eigenvalue weighted by atomic mass is 9.75. The number of hydrogen-bond acceptors (Lipinski definition) is 4. The Morgan fingerprint density at radius 1 is 1.00 bits per heavy atom. The SMILES string of the molecule is COCOc1cc(B2OC(C)(C)C(C)(C)O2)c2ccccc2c1C. The molecule has 5 heteroatoms. The highest BCUT2D eigenvalue weighted by Crippen LogP contribution is 2.38. The zero-order valence-electron chi connectivity index (χ0n) is 15.3. The van der Waals surface area contributed by atoms with Crippen LogP contribution in [0.25, 0.3) is 10.8 Å². The van der Waals surface area contributed by atoms with E-state index in [0.717, 1.165) is 27.5 Å². The van der Waals surface area contributed by atoms with Crippen molar-refractivity contribution in [1.29, 1.82) is 0 Å². The first-order valence-electron chi connectivity index (χ1n) is 8.26. The van der Waals surface area contributed by atoms with E-state index < -0.39 is 7.12 Å². The van der Waals surface area contributed by atoms with E-state index in [-0.39, 0.29) is 18.0 Å². The molecular weight excluding hydrogens is 303 g/mol. The van der Waals surface area contributed by atoms with Crippen LogP contribution in [-0.2, 0) is 14.0 Å². The first kappa shape index (κ1) is 17.3. The van der Waals surface area contributed by atoms with E-state index >= 15 is 0 Å². The maximum atomic E-state index is 6.25. The molecule has 0 atom stereocenters. The summed E-state index contributed by atoms with van der Waals surface area (Å²) in [5.41, 5.74) is 1.32. The fourth-order valence-electron chi connectivity index (χ4n) is 2.96. The summed E-state index contributed by atoms with van der Waals surface area (Å²) in [7, 11) is 1.19. The molecule has 24 heavy (non-hydrogen) atoms. The molecule has 128 valence electrons. The van der Waals surface area contributed by atoms with Crippen LogP contribution in [0.4, 0.5) is 0 Å². The summed E-state index contributed by atoms with van der Waals surface area (Å²) >= 11 is 0. The van der Waals surface area contributed by atoms with Crippen LogP contribution in [0.1, 0.15) is 33.3 Å². The summed E-state index contributed by atoms with van der Waals surface area (Å²) in [4.78, 5) is 0. The molecule has 1 saturated heterocycles. The minimum atomic E-state index is -0.426. The van der Waals surface area contributed by atoms with Gasteiger partial charge in [0.25, 0.3) is 0 Å². The Hall–Kier alpha value is -1.56. The van der Waals surface area contributed by atoms with Gasteiger partial charge in [-0.05, 0) is 62.5 Å². The van der Waals surface area contributed by atoms with Gasteiger partial charge in [-0.2, -0.15) is 0 Å². The monoisotopic (exact) mass is 328 g/mol. The molecule has 0 amide bonds. The van der Waals surface area contributed by atoms with Gasteiger partial charge in [-0.25, -0.2) is 0 Å². The maximum absolute atomic E-state index is 6.25. The largest absolute Gasteiger partial charge is 0.495 e. The third kappa shape index (κ3) is 2.81. The predicted octanol–water partition coefficient (Wildman–Crippen LogP) is 3.43. The van der Waals surface area contributed by atoms with Gasteiger partial charge in [-0.15, -0.1) is 0 Å². The second-order valence-corrected chi connectivity index (χ2v) is 7.27. The molecule has 0 radical (unpaired) electrons. The maximum Gasteiger partial charge on any atom is 0.495 e. The summed E-state index contributed by atoms with van der Waals surface area (Å²) < 4.78 is 23.3. The van der Waals surface area contributed by atoms with Crippen LogP contribution in [0.5, 0.6) is 5.75 Å². The van der Waals surface area contributed by atoms with Crippen molar-refractivity contribution in [2.24, 2.45) is 0 Å². The zero-order valence-corrected chi connectivity index (χ0v) is 15.3. The van der Waals surface area contributed by atoms with E-state index in [1.165, 1.54) is 0 Å². The Bertz CT molecular complexity index is 738. The molecule has 0 aromatic heterocycles. The summed E-state index contributed by atoms with van der Waals surface area (Å²) in [5, 5.41) is 2.26. The Morgan fingerprint density at radius 3 is 2.17 bits per heavy atom. The highest BCUT2D eigenvalue weighted by molar-refractivity contribution is 6.65. The summed E-state index contributed by atoms with van der Waals surface area (Å²) in [6, 6.07) is 10.3. The Labute approximate surface area is 144 Å². The molecule has 0 N–H and O–H groups in total. The van der Waals surface area contributed by atoms with E-state index in [4.69, 9.17) is 18.8 Å². The van der Waals surface area contributed by atoms with E-state index in [2.05, 4.69) is 46.8 Å². The van der Waals surface area contributed by atoms with Gasteiger partial charge in [-0.3, -0.25) is 0 Å². The lowest BCUT2D eigenvalue weighted by molar-refractivity contribution is 0.00578. The Balaban J connectivity index is 2.12. The molecule has 2 aromatic carbocycles. The van der Waals surface area contributed by atoms with Crippen molar-refractivity contribution in [2.75, 3.05) is 13.9 Å². The van der Waals surface area contributed by atoms with E-state index in [1.54, 1.807) is 7.11 Å². The summed E-state index contributed by atoms with van der Waals surface area (Å²) in [5.74, 6) is 0.792. The highest BCUT2D eigenvalue weighted by Gasteiger charge is 2.52. The van der Waals surface area contributed by atoms with Gasteiger partial charge < -0.3 is 18.8 Å². The van der Waals surface area contributed by atoms with Gasteiger partial charge in [0, 0.05) is 7.11 Å². The minimum absolute atomic E-state index is 0.210. The molecule has 0 unspecified atom stereocenters. The molecule has 0 spiro atoms. The van der Waals surface area contributed by atoms with E-state index in [1.807, 2.05) is 18.2 Å². The molecule has 1 aliphatic rings. The topological polar surface area (TPSA) is 36.9 Å². The number of ether oxygens (including phenoxy) is 2. The Kier molecular flexibility index (Phi) is 4.37. The summed E-state index contributed by atoms with van der Waals surface area (Å²) in [6.45, 7) is 10.5. The van der Waals surface area contributed by atoms with Gasteiger partial charge in [0.05, 0.1) is 11.2 Å². The number of aryl methyl sites for hydroxylation is 1. The third-order valence-corrected chi connectivity index (χ3v) is 5.14. The molecule has 1 heterocycles. The van der Waals surface area contributed by atoms with Crippen molar-refractivity contribution in [1.82, 2.24) is 0 Å². The third-order valence-electron chi connectivity index (χ3n) is 5.14. The second-order valence-electron chi connectivity index (χ2n) is 7.27. The normalized spacial score (nSPS) is 19.0. The quantitative estimate of drug-likeness (QED) is 0.636. The molecule has 0 bridgehead atoms. The number of methoxy groups -OCH3 is 1. The molecule has 1 aliphatic heterocycles. The smallest absolute Gasteiger partial charge is 0.467 e. The average Bonchev–Trinajstić information content (AvgIpc) is 2.75. The van der Waals surface area contributed by atoms with Gasteiger partial charge >= 0.3 is 7.12 Å². The fraction of sp³-hybridized carbons (Fsp3) is 0.474. The van der Waals surface area contributed by atoms with Crippen LogP contribution in [0.3, 0.4) is 0 Å². The highest BCUT2D eigenvalue weighted by atomic mass is 16.7. The van der Waals surface area contributed by atoms with Crippen molar-refractivity contribution < 1.29 is 18.8 Å². The standard InChI is InChI=1S/C19H25BO4/c1-13-14-9-7-8-10-15(14)16(11-17(13)22-12-21-6)20-23-18(2,3)19(4,5)24-20/h7-11H,12H2,1-6H3. The van der Waals surface area contributed by atoms with Gasteiger partial charge in [0.15, 0.2) is 6.79 Å². The van der Waals surface area contributed by atoms with Crippen LogP contribution in [0.15, 0.2) is 30.3 Å². The minimum Gasteiger partial charge on any atom is -0.467 e.